The van der Waals surface area contributed by atoms with Crippen molar-refractivity contribution in [1.82, 2.24) is 0 Å². The molecule has 136 valence electrons. The van der Waals surface area contributed by atoms with E-state index in [-0.39, 0.29) is 58.4 Å². The summed E-state index contributed by atoms with van der Waals surface area (Å²) in [5, 5.41) is 11.2. The molecule has 1 heterocycles. The molecule has 0 spiro atoms. The smallest absolute Gasteiger partial charge is 0.314 e. The predicted octanol–water partition coefficient (Wildman–Crippen LogP) is 2.31. The van der Waals surface area contributed by atoms with Crippen LogP contribution in [0, 0.1) is 33.8 Å². The van der Waals surface area contributed by atoms with Gasteiger partial charge in [0.25, 0.3) is 0 Å². The average Bonchev–Trinajstić information content (AvgIpc) is 2.94. The minimum absolute atomic E-state index is 0.0256. The van der Waals surface area contributed by atoms with Crippen molar-refractivity contribution in [2.75, 3.05) is 19.1 Å². The molecule has 4 atom stereocenters. The number of amides is 2. The molecule has 4 aliphatic rings. The summed E-state index contributed by atoms with van der Waals surface area (Å²) >= 11 is 0. The van der Waals surface area contributed by atoms with E-state index in [0.29, 0.717) is 0 Å². The van der Waals surface area contributed by atoms with Gasteiger partial charge in [0, 0.05) is 6.07 Å². The highest BCUT2D eigenvalue weighted by atomic mass is 16.6. The third-order valence-corrected chi connectivity index (χ3v) is 5.68. The van der Waals surface area contributed by atoms with E-state index in [1.165, 1.54) is 26.4 Å². The summed E-state index contributed by atoms with van der Waals surface area (Å²) in [6.45, 7) is 0. The van der Waals surface area contributed by atoms with Crippen LogP contribution in [-0.2, 0) is 9.59 Å². The number of allylic oxidation sites excluding steroid dienone is 2. The van der Waals surface area contributed by atoms with Gasteiger partial charge in [-0.15, -0.1) is 0 Å². The minimum Gasteiger partial charge on any atom is -0.494 e. The third kappa shape index (κ3) is 2.14. The summed E-state index contributed by atoms with van der Waals surface area (Å²) in [4.78, 5) is 37.9. The molecule has 1 saturated heterocycles. The van der Waals surface area contributed by atoms with E-state index >= 15 is 0 Å². The van der Waals surface area contributed by atoms with Gasteiger partial charge < -0.3 is 9.47 Å². The molecular formula is C18H18N2O6. The second-order valence-corrected chi connectivity index (χ2v) is 6.81. The second kappa shape index (κ2) is 5.82. The molecule has 2 fully saturated rings. The van der Waals surface area contributed by atoms with Crippen molar-refractivity contribution in [2.45, 2.75) is 12.8 Å². The lowest BCUT2D eigenvalue weighted by molar-refractivity contribution is -0.385. The highest BCUT2D eigenvalue weighted by molar-refractivity contribution is 6.23. The van der Waals surface area contributed by atoms with Crippen molar-refractivity contribution in [3.05, 3.63) is 34.4 Å². The number of fused-ring (bicyclic) bond motifs is 1. The fourth-order valence-corrected chi connectivity index (χ4v) is 4.49. The number of rotatable bonds is 4. The number of hydrogen-bond donors (Lipinski definition) is 0. The van der Waals surface area contributed by atoms with Gasteiger partial charge in [0.2, 0.25) is 11.8 Å². The summed E-state index contributed by atoms with van der Waals surface area (Å²) in [7, 11) is 2.65. The lowest BCUT2D eigenvalue weighted by atomic mass is 9.63. The number of ether oxygens (including phenoxy) is 2. The van der Waals surface area contributed by atoms with Crippen LogP contribution in [0.25, 0.3) is 0 Å². The summed E-state index contributed by atoms with van der Waals surface area (Å²) in [5.74, 6) is -1.06. The number of carbonyl (C=O) groups is 2. The number of nitro benzene ring substituents is 1. The van der Waals surface area contributed by atoms with Crippen LogP contribution < -0.4 is 14.4 Å². The van der Waals surface area contributed by atoms with Crippen molar-refractivity contribution < 1.29 is 24.0 Å². The lowest BCUT2D eigenvalue weighted by Crippen LogP contribution is -2.38. The van der Waals surface area contributed by atoms with Gasteiger partial charge in [0.05, 0.1) is 42.7 Å². The van der Waals surface area contributed by atoms with Crippen molar-refractivity contribution >= 4 is 23.2 Å². The highest BCUT2D eigenvalue weighted by Gasteiger charge is 2.57. The van der Waals surface area contributed by atoms with Crippen molar-refractivity contribution in [2.24, 2.45) is 23.7 Å². The summed E-state index contributed by atoms with van der Waals surface area (Å²) in [6.07, 6.45) is 5.88. The van der Waals surface area contributed by atoms with Gasteiger partial charge in [-0.25, -0.2) is 4.90 Å². The number of nitrogens with zero attached hydrogens (tertiary/aromatic N) is 2. The van der Waals surface area contributed by atoms with Gasteiger partial charge in [-0.05, 0) is 24.7 Å². The maximum Gasteiger partial charge on any atom is 0.314 e. The maximum atomic E-state index is 13.1. The largest absolute Gasteiger partial charge is 0.494 e. The van der Waals surface area contributed by atoms with Gasteiger partial charge in [0.15, 0.2) is 5.75 Å². The Hall–Kier alpha value is -2.90. The number of nitro groups is 1. The fourth-order valence-electron chi connectivity index (χ4n) is 4.49. The van der Waals surface area contributed by atoms with Crippen molar-refractivity contribution in [3.63, 3.8) is 0 Å². The zero-order valence-corrected chi connectivity index (χ0v) is 14.4. The van der Waals surface area contributed by atoms with Gasteiger partial charge in [-0.3, -0.25) is 19.7 Å². The molecule has 1 saturated carbocycles. The Morgan fingerprint density at radius 1 is 1.00 bits per heavy atom. The zero-order valence-electron chi connectivity index (χ0n) is 14.4. The van der Waals surface area contributed by atoms with Gasteiger partial charge in [-0.2, -0.15) is 0 Å². The fraction of sp³-hybridized carbons (Fsp3) is 0.444. The molecule has 0 N–H and O–H groups in total. The monoisotopic (exact) mass is 358 g/mol. The van der Waals surface area contributed by atoms with Crippen LogP contribution >= 0.6 is 0 Å². The molecule has 0 unspecified atom stereocenters. The molecule has 0 radical (unpaired) electrons. The van der Waals surface area contributed by atoms with Crippen molar-refractivity contribution in [3.8, 4) is 11.5 Å². The Morgan fingerprint density at radius 3 is 1.96 bits per heavy atom. The first-order valence-electron chi connectivity index (χ1n) is 8.44. The molecule has 8 heteroatoms. The normalized spacial score (nSPS) is 29.1. The number of anilines is 1. The summed E-state index contributed by atoms with van der Waals surface area (Å²) in [5.41, 5.74) is -0.0925. The van der Waals surface area contributed by atoms with Crippen LogP contribution in [0.15, 0.2) is 24.3 Å². The minimum atomic E-state index is -0.595. The van der Waals surface area contributed by atoms with E-state index in [4.69, 9.17) is 9.47 Å². The third-order valence-electron chi connectivity index (χ3n) is 5.68. The molecule has 1 aliphatic heterocycles. The van der Waals surface area contributed by atoms with Crippen LogP contribution in [0.3, 0.4) is 0 Å². The van der Waals surface area contributed by atoms with Crippen LogP contribution in [0.5, 0.6) is 11.5 Å². The van der Waals surface area contributed by atoms with E-state index in [0.717, 1.165) is 17.7 Å². The number of carbonyl (C=O) groups excluding carboxylic acids is 2. The van der Waals surface area contributed by atoms with Gasteiger partial charge in [0.1, 0.15) is 5.75 Å². The highest BCUT2D eigenvalue weighted by Crippen LogP contribution is 2.52. The Balaban J connectivity index is 1.82. The number of benzene rings is 1. The first kappa shape index (κ1) is 16.6. The van der Waals surface area contributed by atoms with E-state index in [1.807, 2.05) is 12.2 Å². The first-order valence-corrected chi connectivity index (χ1v) is 8.44. The van der Waals surface area contributed by atoms with Gasteiger partial charge in [-0.1, -0.05) is 12.2 Å². The standard InChI is InChI=1S/C18H18N2O6/c1-25-13-8-12(20(23)24)14(26-2)7-11(13)19-17(21)15-9-3-4-10(6-5-9)16(15)18(19)22/h3-4,7-10,15-16H,5-6H2,1-2H3/t9-,10+,15-,16+. The number of hydrogen-bond acceptors (Lipinski definition) is 6. The van der Waals surface area contributed by atoms with Crippen molar-refractivity contribution in [1.29, 1.82) is 0 Å². The lowest BCUT2D eigenvalue weighted by Gasteiger charge is -2.38. The Labute approximate surface area is 149 Å². The molecule has 8 nitrogen and oxygen atoms in total. The molecular weight excluding hydrogens is 340 g/mol. The first-order chi connectivity index (χ1) is 12.5. The van der Waals surface area contributed by atoms with Crippen LogP contribution in [-0.4, -0.2) is 31.0 Å². The predicted molar refractivity (Wildman–Crippen MR) is 91.0 cm³/mol. The molecule has 1 aromatic rings. The van der Waals surface area contributed by atoms with E-state index in [2.05, 4.69) is 0 Å². The van der Waals surface area contributed by atoms with Crippen LogP contribution in [0.4, 0.5) is 11.4 Å². The molecule has 2 amide bonds. The topological polar surface area (TPSA) is 99.0 Å². The Bertz CT molecular complexity index is 816. The second-order valence-electron chi connectivity index (χ2n) is 6.81. The summed E-state index contributed by atoms with van der Waals surface area (Å²) in [6, 6.07) is 2.52. The van der Waals surface area contributed by atoms with E-state index in [9.17, 15) is 19.7 Å². The molecule has 26 heavy (non-hydrogen) atoms. The average molecular weight is 358 g/mol. The molecule has 5 rings (SSSR count). The van der Waals surface area contributed by atoms with Crippen LogP contribution in [0.1, 0.15) is 12.8 Å². The quantitative estimate of drug-likeness (QED) is 0.354. The zero-order chi connectivity index (χ0) is 18.6. The summed E-state index contributed by atoms with van der Waals surface area (Å²) < 4.78 is 10.3. The van der Waals surface area contributed by atoms with Crippen LogP contribution in [0.2, 0.25) is 0 Å². The molecule has 3 aliphatic carbocycles. The number of imide groups is 1. The SMILES string of the molecule is COc1cc([N+](=O)[O-])c(OC)cc1N1C(=O)[C@@H]2[C@H](C1=O)[C@@H]1C=C[C@H]2CC1. The molecule has 0 aromatic heterocycles. The Kier molecular flexibility index (Phi) is 3.71. The number of methoxy groups -OCH3 is 2. The molecule has 2 bridgehead atoms. The Morgan fingerprint density at radius 2 is 1.54 bits per heavy atom. The van der Waals surface area contributed by atoms with E-state index < -0.39 is 4.92 Å². The van der Waals surface area contributed by atoms with Gasteiger partial charge >= 0.3 is 5.69 Å². The maximum absolute atomic E-state index is 13.1. The van der Waals surface area contributed by atoms with E-state index in [1.54, 1.807) is 0 Å². The molecule has 1 aromatic carbocycles.